The van der Waals surface area contributed by atoms with Crippen LogP contribution in [0.4, 0.5) is 68.5 Å². The average molecular weight is 656 g/mol. The van der Waals surface area contributed by atoms with Crippen LogP contribution in [-0.4, -0.2) is 29.2 Å². The molecule has 0 atom stereocenters. The number of alkyl halides is 13. The summed E-state index contributed by atoms with van der Waals surface area (Å²) >= 11 is 5.78. The van der Waals surface area contributed by atoms with Crippen molar-refractivity contribution in [3.63, 3.8) is 0 Å². The number of carbonyl (C=O) groups excluding carboxylic acids is 2. The van der Waals surface area contributed by atoms with Crippen molar-refractivity contribution in [2.45, 2.75) is 30.4 Å². The first kappa shape index (κ1) is 33.4. The third kappa shape index (κ3) is 6.78. The molecule has 19 heteroatoms. The maximum absolute atomic E-state index is 14.5. The van der Waals surface area contributed by atoms with Gasteiger partial charge in [0.05, 0.1) is 22.4 Å². The second kappa shape index (κ2) is 11.2. The molecule has 0 radical (unpaired) electrons. The van der Waals surface area contributed by atoms with E-state index < -0.39 is 82.3 Å². The summed E-state index contributed by atoms with van der Waals surface area (Å²) in [6.45, 7) is 0. The summed E-state index contributed by atoms with van der Waals surface area (Å²) in [5, 5.41) is 3.14. The van der Waals surface area contributed by atoms with Gasteiger partial charge in [0, 0.05) is 23.0 Å². The summed E-state index contributed by atoms with van der Waals surface area (Å²) in [5.74, 6) is -2.69. The van der Waals surface area contributed by atoms with Gasteiger partial charge in [0.15, 0.2) is 0 Å². The van der Waals surface area contributed by atoms with Crippen LogP contribution in [0.5, 0.6) is 0 Å². The van der Waals surface area contributed by atoms with E-state index in [0.29, 0.717) is 0 Å². The van der Waals surface area contributed by atoms with Gasteiger partial charge in [-0.3, -0.25) is 9.59 Å². The zero-order valence-electron chi connectivity index (χ0n) is 20.3. The number of halogens is 14. The molecule has 43 heavy (non-hydrogen) atoms. The first-order chi connectivity index (χ1) is 19.5. The Bertz CT molecular complexity index is 1500. The van der Waals surface area contributed by atoms with Crippen molar-refractivity contribution < 1.29 is 66.7 Å². The summed E-state index contributed by atoms with van der Waals surface area (Å²) in [5.41, 5.74) is -18.9. The van der Waals surface area contributed by atoms with Gasteiger partial charge >= 0.3 is 30.4 Å². The number of benzene rings is 2. The Labute approximate surface area is 235 Å². The fourth-order valence-corrected chi connectivity index (χ4v) is 3.79. The highest BCUT2D eigenvalue weighted by Gasteiger charge is 2.74. The van der Waals surface area contributed by atoms with E-state index in [0.717, 1.165) is 24.3 Å². The molecule has 2 aromatic carbocycles. The Hall–Kier alpha value is -4.09. The van der Waals surface area contributed by atoms with E-state index in [2.05, 4.69) is 10.3 Å². The van der Waals surface area contributed by atoms with E-state index in [9.17, 15) is 66.7 Å². The minimum Gasteiger partial charge on any atom is -0.322 e. The van der Waals surface area contributed by atoms with E-state index >= 15 is 0 Å². The lowest BCUT2D eigenvalue weighted by Gasteiger charge is -2.32. The highest BCUT2D eigenvalue weighted by molar-refractivity contribution is 6.33. The smallest absolute Gasteiger partial charge is 0.322 e. The number of hydrogen-bond donors (Lipinski definition) is 2. The van der Waals surface area contributed by atoms with Gasteiger partial charge in [-0.2, -0.15) is 52.7 Å². The van der Waals surface area contributed by atoms with Crippen molar-refractivity contribution in [2.75, 3.05) is 10.6 Å². The molecule has 0 aliphatic heterocycles. The third-order valence-corrected chi connectivity index (χ3v) is 5.85. The highest BCUT2D eigenvalue weighted by Crippen LogP contribution is 2.55. The molecule has 3 aromatic rings. The quantitative estimate of drug-likeness (QED) is 0.214. The lowest BCUT2D eigenvalue weighted by Crippen LogP contribution is -2.50. The van der Waals surface area contributed by atoms with Crippen LogP contribution < -0.4 is 10.6 Å². The van der Waals surface area contributed by atoms with E-state index in [1.165, 1.54) is 23.6 Å². The molecule has 2 amide bonds. The molecule has 0 spiro atoms. The van der Waals surface area contributed by atoms with Crippen molar-refractivity contribution in [3.05, 3.63) is 87.7 Å². The number of nitrogens with zero attached hydrogens (tertiary/aromatic N) is 1. The normalized spacial score (nSPS) is 13.1. The molecule has 0 saturated heterocycles. The Morgan fingerprint density at radius 3 is 1.67 bits per heavy atom. The number of aromatic nitrogens is 1. The average Bonchev–Trinajstić information content (AvgIpc) is 2.86. The van der Waals surface area contributed by atoms with Crippen LogP contribution in [0.15, 0.2) is 54.7 Å². The topological polar surface area (TPSA) is 71.1 Å². The standard InChI is InChI=1S/C24H11ClF13N3O2/c25-17-13(5-2-6-39-17)19(43)40-12-4-1-3-10(7-12)18(42)41-16-14(21(27,28)29)8-11(9-15(16)22(30,31)32)20(26,23(33,34)35)24(36,37)38/h1-9H,(H,40,43)(H,41,42). The SMILES string of the molecule is O=C(Nc1c(C(F)(F)F)cc(C(F)(C(F)(F)F)C(F)(F)F)cc1C(F)(F)F)c1cccc(NC(=O)c2cccnc2Cl)c1. The van der Waals surface area contributed by atoms with Gasteiger partial charge in [0.1, 0.15) is 5.15 Å². The van der Waals surface area contributed by atoms with Crippen LogP contribution in [0.25, 0.3) is 0 Å². The molecule has 0 aliphatic rings. The predicted octanol–water partition coefficient (Wildman–Crippen LogP) is 8.57. The molecule has 5 nitrogen and oxygen atoms in total. The number of carbonyl (C=O) groups is 2. The van der Waals surface area contributed by atoms with Crippen LogP contribution in [0.1, 0.15) is 37.4 Å². The zero-order chi connectivity index (χ0) is 32.8. The minimum atomic E-state index is -7.05. The first-order valence-corrected chi connectivity index (χ1v) is 11.3. The summed E-state index contributed by atoms with van der Waals surface area (Å²) in [6.07, 6.45) is -25.1. The fraction of sp³-hybridized carbons (Fsp3) is 0.208. The van der Waals surface area contributed by atoms with Crippen molar-refractivity contribution in [1.29, 1.82) is 0 Å². The van der Waals surface area contributed by atoms with Crippen molar-refractivity contribution in [1.82, 2.24) is 4.98 Å². The van der Waals surface area contributed by atoms with Gasteiger partial charge in [-0.15, -0.1) is 0 Å². The Kier molecular flexibility index (Phi) is 8.70. The van der Waals surface area contributed by atoms with Gasteiger partial charge in [0.25, 0.3) is 11.8 Å². The number of nitrogens with one attached hydrogen (secondary N) is 2. The molecule has 0 bridgehead atoms. The molecule has 2 N–H and O–H groups in total. The molecular formula is C24H11ClF13N3O2. The lowest BCUT2D eigenvalue weighted by atomic mass is 9.89. The van der Waals surface area contributed by atoms with E-state index in [4.69, 9.17) is 11.6 Å². The number of amides is 2. The van der Waals surface area contributed by atoms with E-state index in [1.807, 2.05) is 0 Å². The largest absolute Gasteiger partial charge is 0.435 e. The maximum atomic E-state index is 14.5. The van der Waals surface area contributed by atoms with Crippen molar-refractivity contribution in [3.8, 4) is 0 Å². The molecule has 1 heterocycles. The summed E-state index contributed by atoms with van der Waals surface area (Å²) in [4.78, 5) is 28.8. The monoisotopic (exact) mass is 655 g/mol. The molecule has 0 aliphatic carbocycles. The zero-order valence-corrected chi connectivity index (χ0v) is 21.0. The minimum absolute atomic E-state index is 0.176. The van der Waals surface area contributed by atoms with Crippen LogP contribution in [0.2, 0.25) is 5.15 Å². The van der Waals surface area contributed by atoms with E-state index in [-0.39, 0.29) is 16.4 Å². The Balaban J connectivity index is 2.13. The second-order valence-corrected chi connectivity index (χ2v) is 8.78. The summed E-state index contributed by atoms with van der Waals surface area (Å²) in [6, 6.07) is 4.03. The Morgan fingerprint density at radius 1 is 0.674 bits per heavy atom. The number of hydrogen-bond acceptors (Lipinski definition) is 3. The highest BCUT2D eigenvalue weighted by atomic mass is 35.5. The summed E-state index contributed by atoms with van der Waals surface area (Å²) < 4.78 is 176. The Morgan fingerprint density at radius 2 is 1.21 bits per heavy atom. The lowest BCUT2D eigenvalue weighted by molar-refractivity contribution is -0.348. The summed E-state index contributed by atoms with van der Waals surface area (Å²) in [7, 11) is 0. The number of pyridine rings is 1. The van der Waals surface area contributed by atoms with Gasteiger partial charge in [-0.05, 0) is 42.5 Å². The van der Waals surface area contributed by atoms with Gasteiger partial charge in [-0.1, -0.05) is 17.7 Å². The van der Waals surface area contributed by atoms with Crippen LogP contribution in [-0.2, 0) is 18.0 Å². The molecule has 232 valence electrons. The second-order valence-electron chi connectivity index (χ2n) is 8.43. The van der Waals surface area contributed by atoms with Gasteiger partial charge < -0.3 is 10.6 Å². The van der Waals surface area contributed by atoms with Gasteiger partial charge in [0.2, 0.25) is 0 Å². The molecule has 1 aromatic heterocycles. The number of anilines is 2. The molecule has 3 rings (SSSR count). The van der Waals surface area contributed by atoms with Crippen molar-refractivity contribution >= 4 is 34.8 Å². The molecule has 0 unspecified atom stereocenters. The predicted molar refractivity (Wildman–Crippen MR) is 123 cm³/mol. The van der Waals surface area contributed by atoms with Crippen LogP contribution >= 0.6 is 11.6 Å². The van der Waals surface area contributed by atoms with Gasteiger partial charge in [-0.25, -0.2) is 9.37 Å². The fourth-order valence-electron chi connectivity index (χ4n) is 3.59. The van der Waals surface area contributed by atoms with E-state index in [1.54, 1.807) is 0 Å². The molecule has 0 fully saturated rings. The number of rotatable bonds is 5. The van der Waals surface area contributed by atoms with Crippen molar-refractivity contribution in [2.24, 2.45) is 0 Å². The molecular weight excluding hydrogens is 645 g/mol. The maximum Gasteiger partial charge on any atom is 0.435 e. The van der Waals surface area contributed by atoms with Crippen LogP contribution in [0, 0.1) is 0 Å². The first-order valence-electron chi connectivity index (χ1n) is 11.0. The van der Waals surface area contributed by atoms with Crippen LogP contribution in [0.3, 0.4) is 0 Å². The molecule has 0 saturated carbocycles. The third-order valence-electron chi connectivity index (χ3n) is 5.55.